The lowest BCUT2D eigenvalue weighted by Crippen LogP contribution is -2.26. The highest BCUT2D eigenvalue weighted by Gasteiger charge is 2.19. The summed E-state index contributed by atoms with van der Waals surface area (Å²) in [4.78, 5) is 0. The van der Waals surface area contributed by atoms with E-state index in [-0.39, 0.29) is 0 Å². The molecule has 0 bridgehead atoms. The predicted molar refractivity (Wildman–Crippen MR) is 73.5 cm³/mol. The highest BCUT2D eigenvalue weighted by atomic mass is 35.5. The Bertz CT molecular complexity index is 368. The van der Waals surface area contributed by atoms with Crippen molar-refractivity contribution in [2.75, 3.05) is 0 Å². The molecule has 0 radical (unpaired) electrons. The summed E-state index contributed by atoms with van der Waals surface area (Å²) in [6.07, 6.45) is 1.02. The molecule has 0 heterocycles. The molecular formula is C13H19Cl2NO. The quantitative estimate of drug-likeness (QED) is 0.859. The number of aliphatic hydroxyl groups is 1. The van der Waals surface area contributed by atoms with Crippen molar-refractivity contribution in [3.8, 4) is 0 Å². The molecule has 2 atom stereocenters. The molecule has 0 amide bonds. The molecule has 0 aliphatic carbocycles. The third-order valence-electron chi connectivity index (χ3n) is 2.77. The summed E-state index contributed by atoms with van der Waals surface area (Å²) in [5.74, 6) is 0.548. The van der Waals surface area contributed by atoms with Gasteiger partial charge in [-0.15, -0.1) is 0 Å². The number of hydrogen-bond acceptors (Lipinski definition) is 2. The van der Waals surface area contributed by atoms with Gasteiger partial charge in [-0.25, -0.2) is 0 Å². The van der Waals surface area contributed by atoms with Crippen LogP contribution in [0, 0.1) is 5.92 Å². The summed E-state index contributed by atoms with van der Waals surface area (Å²) in [5, 5.41) is 11.1. The van der Waals surface area contributed by atoms with E-state index in [1.54, 1.807) is 18.2 Å². The molecule has 0 saturated heterocycles. The van der Waals surface area contributed by atoms with Crippen LogP contribution in [0.2, 0.25) is 10.0 Å². The summed E-state index contributed by atoms with van der Waals surface area (Å²) < 4.78 is 0. The predicted octanol–water partition coefficient (Wildman–Crippen LogP) is 3.79. The zero-order chi connectivity index (χ0) is 13.0. The Morgan fingerprint density at radius 3 is 2.47 bits per heavy atom. The first kappa shape index (κ1) is 14.8. The Hall–Kier alpha value is -0.280. The lowest BCUT2D eigenvalue weighted by atomic mass is 9.96. The number of halogens is 2. The molecule has 2 nitrogen and oxygen atoms in total. The fourth-order valence-electron chi connectivity index (χ4n) is 1.66. The Morgan fingerprint density at radius 1 is 1.24 bits per heavy atom. The molecule has 0 saturated carbocycles. The average Bonchev–Trinajstić information content (AvgIpc) is 2.28. The van der Waals surface area contributed by atoms with E-state index in [0.29, 0.717) is 27.9 Å². The van der Waals surface area contributed by atoms with Gasteiger partial charge in [0.15, 0.2) is 0 Å². The molecule has 4 heteroatoms. The monoisotopic (exact) mass is 275 g/mol. The van der Waals surface area contributed by atoms with Gasteiger partial charge < -0.3 is 10.8 Å². The Balaban J connectivity index is 2.74. The van der Waals surface area contributed by atoms with Gasteiger partial charge in [0.1, 0.15) is 0 Å². The molecule has 17 heavy (non-hydrogen) atoms. The first-order valence-electron chi connectivity index (χ1n) is 5.80. The second-order valence-electron chi connectivity index (χ2n) is 4.73. The van der Waals surface area contributed by atoms with E-state index >= 15 is 0 Å². The maximum Gasteiger partial charge on any atom is 0.0733 e. The molecule has 0 fully saturated rings. The molecule has 0 aliphatic heterocycles. The van der Waals surface area contributed by atoms with Crippen LogP contribution >= 0.6 is 23.2 Å². The van der Waals surface area contributed by atoms with Crippen LogP contribution in [0.1, 0.15) is 38.3 Å². The van der Waals surface area contributed by atoms with Crippen LogP contribution in [0.25, 0.3) is 0 Å². The lowest BCUT2D eigenvalue weighted by molar-refractivity contribution is 0.128. The second kappa shape index (κ2) is 6.60. The maximum atomic E-state index is 10.0. The smallest absolute Gasteiger partial charge is 0.0733 e. The first-order chi connectivity index (χ1) is 7.91. The minimum atomic E-state index is -0.589. The van der Waals surface area contributed by atoms with Crippen molar-refractivity contribution in [3.63, 3.8) is 0 Å². The van der Waals surface area contributed by atoms with Crippen LogP contribution < -0.4 is 5.73 Å². The van der Waals surface area contributed by atoms with Crippen LogP contribution in [-0.2, 0) is 0 Å². The molecule has 96 valence electrons. The van der Waals surface area contributed by atoms with Gasteiger partial charge in [0.2, 0.25) is 0 Å². The zero-order valence-electron chi connectivity index (χ0n) is 10.2. The van der Waals surface area contributed by atoms with Crippen LogP contribution in [0.4, 0.5) is 0 Å². The van der Waals surface area contributed by atoms with Crippen molar-refractivity contribution in [2.24, 2.45) is 11.7 Å². The summed E-state index contributed by atoms with van der Waals surface area (Å²) in [5.41, 5.74) is 6.71. The van der Waals surface area contributed by atoms with Crippen molar-refractivity contribution in [3.05, 3.63) is 33.8 Å². The van der Waals surface area contributed by atoms with E-state index in [2.05, 4.69) is 13.8 Å². The SMILES string of the molecule is CC(C)CC[C@H](O)[C@H](N)c1cc(Cl)ccc1Cl. The largest absolute Gasteiger partial charge is 0.391 e. The van der Waals surface area contributed by atoms with Gasteiger partial charge in [0.05, 0.1) is 12.1 Å². The molecule has 1 aromatic rings. The molecule has 3 N–H and O–H groups in total. The van der Waals surface area contributed by atoms with Crippen molar-refractivity contribution in [1.82, 2.24) is 0 Å². The zero-order valence-corrected chi connectivity index (χ0v) is 11.7. The average molecular weight is 276 g/mol. The first-order valence-corrected chi connectivity index (χ1v) is 6.56. The Morgan fingerprint density at radius 2 is 1.88 bits per heavy atom. The van der Waals surface area contributed by atoms with Crippen molar-refractivity contribution in [2.45, 2.75) is 38.8 Å². The third-order valence-corrected chi connectivity index (χ3v) is 3.35. The molecule has 1 aromatic carbocycles. The number of hydrogen-bond donors (Lipinski definition) is 2. The molecule has 0 unspecified atom stereocenters. The molecule has 0 spiro atoms. The number of aliphatic hydroxyl groups excluding tert-OH is 1. The van der Waals surface area contributed by atoms with E-state index in [0.717, 1.165) is 6.42 Å². The van der Waals surface area contributed by atoms with Crippen molar-refractivity contribution < 1.29 is 5.11 Å². The standard InChI is InChI=1S/C13H19Cl2NO/c1-8(2)3-6-12(17)13(16)10-7-9(14)4-5-11(10)15/h4-5,7-8,12-13,17H,3,6,16H2,1-2H3/t12-,13+/m0/s1. The van der Waals surface area contributed by atoms with E-state index in [9.17, 15) is 5.11 Å². The number of rotatable bonds is 5. The van der Waals surface area contributed by atoms with Gasteiger partial charge in [0.25, 0.3) is 0 Å². The van der Waals surface area contributed by atoms with Gasteiger partial charge in [0, 0.05) is 10.0 Å². The van der Waals surface area contributed by atoms with Crippen molar-refractivity contribution >= 4 is 23.2 Å². The van der Waals surface area contributed by atoms with Gasteiger partial charge in [-0.3, -0.25) is 0 Å². The van der Waals surface area contributed by atoms with E-state index in [1.807, 2.05) is 0 Å². The van der Waals surface area contributed by atoms with Crippen LogP contribution in [0.3, 0.4) is 0 Å². The third kappa shape index (κ3) is 4.47. The maximum absolute atomic E-state index is 10.0. The topological polar surface area (TPSA) is 46.2 Å². The highest BCUT2D eigenvalue weighted by Crippen LogP contribution is 2.28. The van der Waals surface area contributed by atoms with Crippen molar-refractivity contribution in [1.29, 1.82) is 0 Å². The van der Waals surface area contributed by atoms with E-state index in [1.165, 1.54) is 0 Å². The van der Waals surface area contributed by atoms with Gasteiger partial charge in [-0.2, -0.15) is 0 Å². The Labute approximate surface area is 113 Å². The minimum absolute atomic E-state index is 0.486. The number of benzene rings is 1. The second-order valence-corrected chi connectivity index (χ2v) is 5.57. The number of nitrogens with two attached hydrogens (primary N) is 1. The van der Waals surface area contributed by atoms with Gasteiger partial charge in [-0.1, -0.05) is 37.0 Å². The van der Waals surface area contributed by atoms with E-state index in [4.69, 9.17) is 28.9 Å². The molecule has 1 rings (SSSR count). The summed E-state index contributed by atoms with van der Waals surface area (Å²) in [6, 6.07) is 4.64. The van der Waals surface area contributed by atoms with Gasteiger partial charge >= 0.3 is 0 Å². The minimum Gasteiger partial charge on any atom is -0.391 e. The molecular weight excluding hydrogens is 257 g/mol. The van der Waals surface area contributed by atoms with Gasteiger partial charge in [-0.05, 0) is 42.5 Å². The molecule has 0 aromatic heterocycles. The van der Waals surface area contributed by atoms with Crippen LogP contribution in [-0.4, -0.2) is 11.2 Å². The fraction of sp³-hybridized carbons (Fsp3) is 0.538. The lowest BCUT2D eigenvalue weighted by Gasteiger charge is -2.21. The summed E-state index contributed by atoms with van der Waals surface area (Å²) >= 11 is 11.9. The van der Waals surface area contributed by atoms with Crippen LogP contribution in [0.5, 0.6) is 0 Å². The Kier molecular flexibility index (Phi) is 5.74. The molecule has 0 aliphatic rings. The summed E-state index contributed by atoms with van der Waals surface area (Å²) in [7, 11) is 0. The van der Waals surface area contributed by atoms with E-state index < -0.39 is 12.1 Å². The fourth-order valence-corrected chi connectivity index (χ4v) is 2.09. The highest BCUT2D eigenvalue weighted by molar-refractivity contribution is 6.33. The normalized spacial score (nSPS) is 15.0. The van der Waals surface area contributed by atoms with Crippen LogP contribution in [0.15, 0.2) is 18.2 Å². The summed E-state index contributed by atoms with van der Waals surface area (Å²) in [6.45, 7) is 4.23.